The fourth-order valence-corrected chi connectivity index (χ4v) is 1.74. The molecule has 1 N–H and O–H groups in total. The van der Waals surface area contributed by atoms with Crippen LogP contribution in [0.2, 0.25) is 0 Å². The molecule has 0 aliphatic carbocycles. The van der Waals surface area contributed by atoms with Gasteiger partial charge in [0.1, 0.15) is 5.75 Å². The first-order chi connectivity index (χ1) is 8.88. The summed E-state index contributed by atoms with van der Waals surface area (Å²) < 4.78 is 129. The molecule has 0 radical (unpaired) electrons. The second-order valence-electron chi connectivity index (χ2n) is 3.82. The van der Waals surface area contributed by atoms with Gasteiger partial charge >= 0.3 is 0 Å². The number of halogens is 8. The monoisotopic (exact) mass is 338 g/mol. The molecule has 0 bridgehead atoms. The molecule has 0 aliphatic rings. The van der Waals surface area contributed by atoms with E-state index >= 15 is 0 Å². The molecule has 0 aliphatic heterocycles. The molecule has 0 fully saturated rings. The predicted molar refractivity (Wildman–Crippen MR) is 51.8 cm³/mol. The van der Waals surface area contributed by atoms with E-state index in [9.17, 15) is 43.5 Å². The van der Waals surface area contributed by atoms with Crippen LogP contribution in [0.3, 0.4) is 0 Å². The third kappa shape index (κ3) is 5.77. The topological polar surface area (TPSA) is 54.4 Å². The Kier molecular flexibility index (Phi) is 7.14. The fourth-order valence-electron chi connectivity index (χ4n) is 1.16. The van der Waals surface area contributed by atoms with Crippen molar-refractivity contribution in [2.75, 3.05) is 5.75 Å². The van der Waals surface area contributed by atoms with Crippen molar-refractivity contribution in [2.45, 2.75) is 43.5 Å². The predicted octanol–water partition coefficient (Wildman–Crippen LogP) is 2.17. The van der Waals surface area contributed by atoms with Gasteiger partial charge in [0.25, 0.3) is 16.5 Å². The van der Waals surface area contributed by atoms with Crippen molar-refractivity contribution in [3.63, 3.8) is 0 Å². The quantitative estimate of drug-likeness (QED) is 0.545. The molecule has 0 rings (SSSR count). The molecule has 6 atom stereocenters. The van der Waals surface area contributed by atoms with E-state index in [1.165, 1.54) is 0 Å². The van der Waals surface area contributed by atoms with Crippen LogP contribution in [0.4, 0.5) is 35.1 Å². The Morgan fingerprint density at radius 1 is 0.700 bits per heavy atom. The van der Waals surface area contributed by atoms with E-state index in [1.54, 1.807) is 0 Å². The summed E-state index contributed by atoms with van der Waals surface area (Å²) in [5, 5.41) is 0. The van der Waals surface area contributed by atoms with Crippen LogP contribution in [0.15, 0.2) is 0 Å². The summed E-state index contributed by atoms with van der Waals surface area (Å²) in [6.07, 6.45) is -25.9. The van der Waals surface area contributed by atoms with Gasteiger partial charge in [0.05, 0.1) is 0 Å². The SMILES string of the molecule is O=S(=O)(O)CC(F)C(F)C(F)C(F)C(F)C(F)C(F)F. The number of hydrogen-bond donors (Lipinski definition) is 1. The summed E-state index contributed by atoms with van der Waals surface area (Å²) in [5.74, 6) is -1.95. The van der Waals surface area contributed by atoms with Gasteiger partial charge in [-0.2, -0.15) is 8.42 Å². The normalized spacial score (nSPS) is 22.1. The summed E-state index contributed by atoms with van der Waals surface area (Å²) in [6.45, 7) is 0. The molecule has 0 saturated heterocycles. The lowest BCUT2D eigenvalue weighted by molar-refractivity contribution is -0.0577. The van der Waals surface area contributed by atoms with Crippen molar-refractivity contribution in [3.8, 4) is 0 Å². The minimum atomic E-state index is -5.07. The van der Waals surface area contributed by atoms with Gasteiger partial charge in [-0.15, -0.1) is 0 Å². The lowest BCUT2D eigenvalue weighted by atomic mass is 10.0. The number of hydrogen-bond acceptors (Lipinski definition) is 2. The Hall–Kier alpha value is -0.650. The van der Waals surface area contributed by atoms with E-state index < -0.39 is 59.3 Å². The summed E-state index contributed by atoms with van der Waals surface area (Å²) >= 11 is 0. The van der Waals surface area contributed by atoms with Gasteiger partial charge in [0, 0.05) is 0 Å². The van der Waals surface area contributed by atoms with Gasteiger partial charge in [-0.05, 0) is 0 Å². The number of rotatable bonds is 8. The first kappa shape index (κ1) is 19.4. The van der Waals surface area contributed by atoms with Gasteiger partial charge in [-0.25, -0.2) is 35.1 Å². The van der Waals surface area contributed by atoms with Crippen LogP contribution in [0.5, 0.6) is 0 Å². The van der Waals surface area contributed by atoms with E-state index in [2.05, 4.69) is 0 Å². The maximum Gasteiger partial charge on any atom is 0.272 e. The average molecular weight is 338 g/mol. The highest BCUT2D eigenvalue weighted by atomic mass is 32.2. The first-order valence-corrected chi connectivity index (χ1v) is 6.57. The average Bonchev–Trinajstić information content (AvgIpc) is 2.31. The van der Waals surface area contributed by atoms with Crippen molar-refractivity contribution in [1.29, 1.82) is 0 Å². The Morgan fingerprint density at radius 2 is 1.05 bits per heavy atom. The van der Waals surface area contributed by atoms with Gasteiger partial charge in [0.2, 0.25) is 0 Å². The Morgan fingerprint density at radius 3 is 1.40 bits per heavy atom. The highest BCUT2D eigenvalue weighted by Crippen LogP contribution is 2.26. The summed E-state index contributed by atoms with van der Waals surface area (Å²) in [4.78, 5) is 0. The molecule has 6 unspecified atom stereocenters. The molecule has 3 nitrogen and oxygen atoms in total. The van der Waals surface area contributed by atoms with Gasteiger partial charge in [-0.3, -0.25) is 4.55 Å². The van der Waals surface area contributed by atoms with Gasteiger partial charge in [0.15, 0.2) is 37.0 Å². The van der Waals surface area contributed by atoms with E-state index in [-0.39, 0.29) is 0 Å². The van der Waals surface area contributed by atoms with Crippen molar-refractivity contribution >= 4 is 10.1 Å². The lowest BCUT2D eigenvalue weighted by Crippen LogP contribution is -2.45. The summed E-state index contributed by atoms with van der Waals surface area (Å²) in [6, 6.07) is 0. The molecule has 0 aromatic heterocycles. The molecule has 20 heavy (non-hydrogen) atoms. The zero-order chi connectivity index (χ0) is 16.2. The van der Waals surface area contributed by atoms with Crippen LogP contribution in [0, 0.1) is 0 Å². The van der Waals surface area contributed by atoms with Crippen molar-refractivity contribution in [1.82, 2.24) is 0 Å². The van der Waals surface area contributed by atoms with Crippen LogP contribution in [-0.4, -0.2) is 62.2 Å². The van der Waals surface area contributed by atoms with Gasteiger partial charge < -0.3 is 0 Å². The molecule has 0 saturated carbocycles. The first-order valence-electron chi connectivity index (χ1n) is 4.96. The molecule has 0 aromatic rings. The van der Waals surface area contributed by atoms with Crippen LogP contribution < -0.4 is 0 Å². The minimum Gasteiger partial charge on any atom is -0.285 e. The van der Waals surface area contributed by atoms with E-state index in [0.29, 0.717) is 0 Å². The Bertz CT molecular complexity index is 391. The zero-order valence-corrected chi connectivity index (χ0v) is 10.3. The molecule has 0 amide bonds. The van der Waals surface area contributed by atoms with E-state index in [0.717, 1.165) is 0 Å². The standard InChI is InChI=1S/C8H10F8O3S/c9-2(1-20(17,18)19)3(10)4(11)5(12)6(13)7(14)8(15)16/h2-8H,1H2,(H,17,18,19). The summed E-state index contributed by atoms with van der Waals surface area (Å²) in [7, 11) is -5.07. The van der Waals surface area contributed by atoms with Crippen molar-refractivity contribution in [3.05, 3.63) is 0 Å². The van der Waals surface area contributed by atoms with Crippen LogP contribution in [-0.2, 0) is 10.1 Å². The van der Waals surface area contributed by atoms with Gasteiger partial charge in [-0.1, -0.05) is 0 Å². The Balaban J connectivity index is 4.75. The Labute approximate surface area is 108 Å². The number of alkyl halides is 8. The molecular weight excluding hydrogens is 328 g/mol. The van der Waals surface area contributed by atoms with Crippen LogP contribution in [0.1, 0.15) is 0 Å². The second kappa shape index (κ2) is 7.38. The molecule has 0 spiro atoms. The third-order valence-electron chi connectivity index (χ3n) is 2.17. The smallest absolute Gasteiger partial charge is 0.272 e. The molecule has 122 valence electrons. The minimum absolute atomic E-state index is 1.95. The third-order valence-corrected chi connectivity index (χ3v) is 2.91. The molecule has 12 heteroatoms. The fraction of sp³-hybridized carbons (Fsp3) is 1.00. The van der Waals surface area contributed by atoms with Crippen molar-refractivity contribution < 1.29 is 48.1 Å². The molecule has 0 heterocycles. The highest BCUT2D eigenvalue weighted by molar-refractivity contribution is 7.85. The molecule has 0 aromatic carbocycles. The highest BCUT2D eigenvalue weighted by Gasteiger charge is 2.46. The van der Waals surface area contributed by atoms with E-state index in [4.69, 9.17) is 4.55 Å². The largest absolute Gasteiger partial charge is 0.285 e. The zero-order valence-electron chi connectivity index (χ0n) is 9.44. The summed E-state index contributed by atoms with van der Waals surface area (Å²) in [5.41, 5.74) is 0. The van der Waals surface area contributed by atoms with Crippen LogP contribution >= 0.6 is 0 Å². The molecular formula is C8H10F8O3S. The maximum atomic E-state index is 13.0. The van der Waals surface area contributed by atoms with Crippen molar-refractivity contribution in [2.24, 2.45) is 0 Å². The van der Waals surface area contributed by atoms with E-state index in [1.807, 2.05) is 0 Å². The lowest BCUT2D eigenvalue weighted by Gasteiger charge is -2.23. The van der Waals surface area contributed by atoms with Crippen LogP contribution in [0.25, 0.3) is 0 Å². The second-order valence-corrected chi connectivity index (χ2v) is 5.32. The maximum absolute atomic E-state index is 13.0.